The van der Waals surface area contributed by atoms with Crippen LogP contribution in [0, 0.1) is 13.8 Å². The van der Waals surface area contributed by atoms with E-state index < -0.39 is 0 Å². The van der Waals surface area contributed by atoms with Crippen molar-refractivity contribution in [1.29, 1.82) is 0 Å². The molecular weight excluding hydrogens is 374 g/mol. The quantitative estimate of drug-likeness (QED) is 0.554. The van der Waals surface area contributed by atoms with Gasteiger partial charge in [-0.05, 0) is 68.9 Å². The van der Waals surface area contributed by atoms with Crippen LogP contribution in [0.2, 0.25) is 0 Å². The van der Waals surface area contributed by atoms with Gasteiger partial charge in [0.1, 0.15) is 11.6 Å². The number of ether oxygens (including phenoxy) is 1. The highest BCUT2D eigenvalue weighted by atomic mass is 16.5. The van der Waals surface area contributed by atoms with Gasteiger partial charge in [0.25, 0.3) is 0 Å². The van der Waals surface area contributed by atoms with Gasteiger partial charge in [-0.2, -0.15) is 0 Å². The Morgan fingerprint density at radius 2 is 1.93 bits per heavy atom. The molecule has 5 heteroatoms. The number of hydrogen-bond donors (Lipinski definition) is 1. The summed E-state index contributed by atoms with van der Waals surface area (Å²) in [4.78, 5) is 22.8. The van der Waals surface area contributed by atoms with Crippen LogP contribution in [0.3, 0.4) is 0 Å². The summed E-state index contributed by atoms with van der Waals surface area (Å²) in [6.45, 7) is 6.43. The van der Waals surface area contributed by atoms with Gasteiger partial charge in [0.15, 0.2) is 0 Å². The maximum absolute atomic E-state index is 12.6. The first-order valence-electron chi connectivity index (χ1n) is 11.0. The first-order valence-corrected chi connectivity index (χ1v) is 11.0. The Balaban J connectivity index is 1.18. The zero-order valence-electron chi connectivity index (χ0n) is 18.0. The van der Waals surface area contributed by atoms with Gasteiger partial charge in [-0.1, -0.05) is 24.3 Å². The van der Waals surface area contributed by atoms with E-state index in [1.54, 1.807) is 0 Å². The van der Waals surface area contributed by atoms with Gasteiger partial charge in [0.2, 0.25) is 5.91 Å². The summed E-state index contributed by atoms with van der Waals surface area (Å²) in [7, 11) is 0. The number of carbonyl (C=O) groups is 1. The maximum Gasteiger partial charge on any atom is 0.222 e. The van der Waals surface area contributed by atoms with Gasteiger partial charge in [0.05, 0.1) is 17.6 Å². The van der Waals surface area contributed by atoms with Crippen molar-refractivity contribution in [2.24, 2.45) is 0 Å². The van der Waals surface area contributed by atoms with Gasteiger partial charge in [0, 0.05) is 25.4 Å². The van der Waals surface area contributed by atoms with Crippen LogP contribution in [0.1, 0.15) is 55.0 Å². The topological polar surface area (TPSA) is 58.2 Å². The van der Waals surface area contributed by atoms with E-state index in [1.165, 1.54) is 5.56 Å². The molecule has 1 aromatic heterocycles. The molecule has 1 aliphatic rings. The fraction of sp³-hybridized carbons (Fsp3) is 0.440. The van der Waals surface area contributed by atoms with Gasteiger partial charge in [-0.25, -0.2) is 4.98 Å². The third-order valence-corrected chi connectivity index (χ3v) is 6.03. The van der Waals surface area contributed by atoms with Crippen molar-refractivity contribution in [2.45, 2.75) is 51.9 Å². The zero-order chi connectivity index (χ0) is 20.9. The number of benzene rings is 2. The average molecular weight is 406 g/mol. The number of rotatable bonds is 7. The van der Waals surface area contributed by atoms with E-state index in [4.69, 9.17) is 9.72 Å². The lowest BCUT2D eigenvalue weighted by Crippen LogP contribution is -2.38. The second-order valence-corrected chi connectivity index (χ2v) is 8.37. The van der Waals surface area contributed by atoms with Crippen molar-refractivity contribution < 1.29 is 9.53 Å². The Bertz CT molecular complexity index is 970. The number of unbranched alkanes of at least 4 members (excludes halogenated alkanes) is 1. The lowest BCUT2D eigenvalue weighted by atomic mass is 9.96. The molecule has 0 spiro atoms. The normalized spacial score (nSPS) is 14.9. The number of piperidine rings is 1. The third-order valence-electron chi connectivity index (χ3n) is 6.03. The minimum atomic E-state index is 0.268. The number of likely N-dealkylation sites (tertiary alicyclic amines) is 1. The summed E-state index contributed by atoms with van der Waals surface area (Å²) in [6, 6.07) is 14.4. The number of nitrogens with zero attached hydrogens (tertiary/aromatic N) is 2. The smallest absolute Gasteiger partial charge is 0.222 e. The number of carbonyl (C=O) groups excluding carboxylic acids is 1. The molecule has 1 amide bonds. The predicted octanol–water partition coefficient (Wildman–Crippen LogP) is 5.14. The lowest BCUT2D eigenvalue weighted by molar-refractivity contribution is -0.132. The fourth-order valence-corrected chi connectivity index (χ4v) is 4.15. The summed E-state index contributed by atoms with van der Waals surface area (Å²) < 4.78 is 5.90. The zero-order valence-corrected chi connectivity index (χ0v) is 18.0. The molecule has 30 heavy (non-hydrogen) atoms. The van der Waals surface area contributed by atoms with Crippen LogP contribution in [0.4, 0.5) is 0 Å². The first kappa shape index (κ1) is 20.5. The Labute approximate surface area is 178 Å². The van der Waals surface area contributed by atoms with Crippen LogP contribution >= 0.6 is 0 Å². The molecule has 0 radical (unpaired) electrons. The van der Waals surface area contributed by atoms with Crippen LogP contribution in [0.5, 0.6) is 5.75 Å². The van der Waals surface area contributed by atoms with E-state index >= 15 is 0 Å². The molecule has 1 fully saturated rings. The van der Waals surface area contributed by atoms with E-state index in [1.807, 2.05) is 23.1 Å². The minimum Gasteiger partial charge on any atom is -0.493 e. The molecule has 1 N–H and O–H groups in total. The van der Waals surface area contributed by atoms with Crippen LogP contribution in [0.15, 0.2) is 42.5 Å². The van der Waals surface area contributed by atoms with Crippen molar-refractivity contribution >= 4 is 16.9 Å². The van der Waals surface area contributed by atoms with Crippen LogP contribution in [-0.4, -0.2) is 40.5 Å². The van der Waals surface area contributed by atoms with Crippen LogP contribution in [0.25, 0.3) is 11.0 Å². The minimum absolute atomic E-state index is 0.268. The van der Waals surface area contributed by atoms with E-state index in [2.05, 4.69) is 43.1 Å². The maximum atomic E-state index is 12.6. The predicted molar refractivity (Wildman–Crippen MR) is 120 cm³/mol. The standard InChI is InChI=1S/C25H31N3O2/c1-18-10-11-19(2)23(17-18)30-16-6-5-9-24(29)28-14-12-20(13-15-28)25-26-21-7-3-4-8-22(21)27-25/h3-4,7-8,10-11,17,20H,5-6,9,12-16H2,1-2H3,(H,26,27). The van der Waals surface area contributed by atoms with Gasteiger partial charge >= 0.3 is 0 Å². The molecule has 3 aromatic rings. The second kappa shape index (κ2) is 9.33. The molecule has 0 saturated carbocycles. The molecule has 4 rings (SSSR count). The largest absolute Gasteiger partial charge is 0.493 e. The molecule has 5 nitrogen and oxygen atoms in total. The summed E-state index contributed by atoms with van der Waals surface area (Å²) in [5.74, 6) is 2.69. The van der Waals surface area contributed by atoms with E-state index in [-0.39, 0.29) is 5.91 Å². The Hall–Kier alpha value is -2.82. The highest BCUT2D eigenvalue weighted by molar-refractivity contribution is 5.76. The monoisotopic (exact) mass is 405 g/mol. The van der Waals surface area contributed by atoms with Crippen LogP contribution < -0.4 is 4.74 Å². The molecule has 158 valence electrons. The summed E-state index contributed by atoms with van der Waals surface area (Å²) in [6.07, 6.45) is 4.32. The van der Waals surface area contributed by atoms with Crippen LogP contribution in [-0.2, 0) is 4.79 Å². The van der Waals surface area contributed by atoms with Crippen molar-refractivity contribution in [3.63, 3.8) is 0 Å². The molecule has 1 saturated heterocycles. The summed E-state index contributed by atoms with van der Waals surface area (Å²) in [5.41, 5.74) is 4.48. The van der Waals surface area contributed by atoms with Crippen molar-refractivity contribution in [3.8, 4) is 5.75 Å². The number of hydrogen-bond acceptors (Lipinski definition) is 3. The average Bonchev–Trinajstić information content (AvgIpc) is 3.20. The molecule has 0 unspecified atom stereocenters. The molecule has 0 aliphatic carbocycles. The first-order chi connectivity index (χ1) is 14.6. The number of H-pyrrole nitrogens is 1. The van der Waals surface area contributed by atoms with Crippen molar-refractivity contribution in [3.05, 3.63) is 59.4 Å². The van der Waals surface area contributed by atoms with Gasteiger partial charge in [-0.15, -0.1) is 0 Å². The lowest BCUT2D eigenvalue weighted by Gasteiger charge is -2.31. The Morgan fingerprint density at radius 3 is 2.73 bits per heavy atom. The SMILES string of the molecule is Cc1ccc(C)c(OCCCCC(=O)N2CCC(c3nc4ccccc4[nH]3)CC2)c1. The Morgan fingerprint density at radius 1 is 1.13 bits per heavy atom. The summed E-state index contributed by atoms with van der Waals surface area (Å²) in [5, 5.41) is 0. The fourth-order valence-electron chi connectivity index (χ4n) is 4.15. The Kier molecular flexibility index (Phi) is 6.36. The number of para-hydroxylation sites is 2. The number of aromatic nitrogens is 2. The van der Waals surface area contributed by atoms with E-state index in [0.29, 0.717) is 18.9 Å². The molecule has 2 heterocycles. The number of fused-ring (bicyclic) bond motifs is 1. The summed E-state index contributed by atoms with van der Waals surface area (Å²) >= 11 is 0. The number of imidazole rings is 1. The molecule has 1 aliphatic heterocycles. The molecular formula is C25H31N3O2. The number of aryl methyl sites for hydroxylation is 2. The van der Waals surface area contributed by atoms with Crippen molar-refractivity contribution in [2.75, 3.05) is 19.7 Å². The van der Waals surface area contributed by atoms with E-state index in [9.17, 15) is 4.79 Å². The van der Waals surface area contributed by atoms with Gasteiger partial charge < -0.3 is 14.6 Å². The molecule has 0 bridgehead atoms. The van der Waals surface area contributed by atoms with Crippen molar-refractivity contribution in [1.82, 2.24) is 14.9 Å². The van der Waals surface area contributed by atoms with E-state index in [0.717, 1.165) is 66.9 Å². The highest BCUT2D eigenvalue weighted by Crippen LogP contribution is 2.28. The number of aromatic amines is 1. The third kappa shape index (κ3) is 4.84. The number of amides is 1. The second-order valence-electron chi connectivity index (χ2n) is 8.37. The molecule has 2 aromatic carbocycles. The highest BCUT2D eigenvalue weighted by Gasteiger charge is 2.25. The molecule has 0 atom stereocenters. The number of nitrogens with one attached hydrogen (secondary N) is 1. The van der Waals surface area contributed by atoms with Gasteiger partial charge in [-0.3, -0.25) is 4.79 Å².